The molecule has 1 N–H and O–H groups in total. The van der Waals surface area contributed by atoms with Crippen molar-refractivity contribution < 1.29 is 0 Å². The van der Waals surface area contributed by atoms with Crippen molar-refractivity contribution in [1.29, 1.82) is 0 Å². The fourth-order valence-electron chi connectivity index (χ4n) is 1.99. The van der Waals surface area contributed by atoms with Gasteiger partial charge in [-0.05, 0) is 30.8 Å². The highest BCUT2D eigenvalue weighted by Crippen LogP contribution is 2.20. The Morgan fingerprint density at radius 1 is 1.53 bits per heavy atom. The Hall–Kier alpha value is -1.13. The second-order valence-corrected chi connectivity index (χ2v) is 5.21. The number of aromatic nitrogens is 2. The van der Waals surface area contributed by atoms with E-state index in [1.165, 1.54) is 10.4 Å². The van der Waals surface area contributed by atoms with E-state index in [0.29, 0.717) is 6.04 Å². The van der Waals surface area contributed by atoms with Crippen LogP contribution in [0.2, 0.25) is 0 Å². The lowest BCUT2D eigenvalue weighted by atomic mass is 10.1. The predicted molar refractivity (Wildman–Crippen MR) is 72.3 cm³/mol. The van der Waals surface area contributed by atoms with Crippen LogP contribution in [0.5, 0.6) is 0 Å². The zero-order valence-electron chi connectivity index (χ0n) is 10.4. The zero-order valence-corrected chi connectivity index (χ0v) is 11.2. The van der Waals surface area contributed by atoms with Gasteiger partial charge in [0, 0.05) is 29.7 Å². The van der Waals surface area contributed by atoms with Gasteiger partial charge < -0.3 is 5.32 Å². The molecule has 0 aliphatic heterocycles. The smallest absolute Gasteiger partial charge is 0.0537 e. The number of rotatable bonds is 6. The van der Waals surface area contributed by atoms with Crippen LogP contribution >= 0.6 is 11.3 Å². The standard InChI is InChI=1S/C13H19N3S/c1-3-14-13(11-9-15-16(2)10-11)7-6-12-5-4-8-17-12/h4-5,8-10,13-14H,3,6-7H2,1-2H3. The highest BCUT2D eigenvalue weighted by atomic mass is 32.1. The van der Waals surface area contributed by atoms with Crippen molar-refractivity contribution in [3.8, 4) is 0 Å². The molecule has 92 valence electrons. The minimum absolute atomic E-state index is 0.413. The van der Waals surface area contributed by atoms with E-state index in [-0.39, 0.29) is 0 Å². The first-order chi connectivity index (χ1) is 8.29. The quantitative estimate of drug-likeness (QED) is 0.853. The molecule has 4 heteroatoms. The summed E-state index contributed by atoms with van der Waals surface area (Å²) in [6.07, 6.45) is 6.31. The third kappa shape index (κ3) is 3.41. The normalized spacial score (nSPS) is 12.8. The third-order valence-corrected chi connectivity index (χ3v) is 3.77. The molecule has 2 heterocycles. The van der Waals surface area contributed by atoms with Crippen molar-refractivity contribution >= 4 is 11.3 Å². The van der Waals surface area contributed by atoms with Gasteiger partial charge in [0.15, 0.2) is 0 Å². The van der Waals surface area contributed by atoms with Crippen LogP contribution in [0.25, 0.3) is 0 Å². The monoisotopic (exact) mass is 249 g/mol. The minimum atomic E-state index is 0.413. The van der Waals surface area contributed by atoms with E-state index in [1.54, 1.807) is 0 Å². The van der Waals surface area contributed by atoms with Gasteiger partial charge in [0.05, 0.1) is 6.20 Å². The van der Waals surface area contributed by atoms with Gasteiger partial charge in [-0.3, -0.25) is 4.68 Å². The van der Waals surface area contributed by atoms with Crippen molar-refractivity contribution in [3.05, 3.63) is 40.3 Å². The molecule has 2 aromatic rings. The summed E-state index contributed by atoms with van der Waals surface area (Å²) in [4.78, 5) is 1.46. The van der Waals surface area contributed by atoms with Crippen LogP contribution in [-0.2, 0) is 13.5 Å². The second-order valence-electron chi connectivity index (χ2n) is 4.18. The van der Waals surface area contributed by atoms with E-state index >= 15 is 0 Å². The molecule has 1 atom stereocenters. The maximum atomic E-state index is 4.24. The first-order valence-corrected chi connectivity index (χ1v) is 6.92. The Bertz CT molecular complexity index is 433. The summed E-state index contributed by atoms with van der Waals surface area (Å²) in [6.45, 7) is 3.14. The van der Waals surface area contributed by atoms with Gasteiger partial charge in [0.1, 0.15) is 0 Å². The highest BCUT2D eigenvalue weighted by molar-refractivity contribution is 7.09. The van der Waals surface area contributed by atoms with Crippen LogP contribution in [-0.4, -0.2) is 16.3 Å². The molecule has 0 saturated heterocycles. The molecule has 2 aromatic heterocycles. The largest absolute Gasteiger partial charge is 0.310 e. The van der Waals surface area contributed by atoms with Crippen molar-refractivity contribution in [2.75, 3.05) is 6.54 Å². The van der Waals surface area contributed by atoms with E-state index < -0.39 is 0 Å². The molecular weight excluding hydrogens is 230 g/mol. The van der Waals surface area contributed by atoms with E-state index in [4.69, 9.17) is 0 Å². The molecule has 3 nitrogen and oxygen atoms in total. The van der Waals surface area contributed by atoms with Crippen molar-refractivity contribution in [1.82, 2.24) is 15.1 Å². The molecule has 1 unspecified atom stereocenters. The maximum Gasteiger partial charge on any atom is 0.0537 e. The fraction of sp³-hybridized carbons (Fsp3) is 0.462. The SMILES string of the molecule is CCNC(CCc1cccs1)c1cnn(C)c1. The van der Waals surface area contributed by atoms with E-state index in [0.717, 1.165) is 19.4 Å². The molecular formula is C13H19N3S. The first-order valence-electron chi connectivity index (χ1n) is 6.04. The first kappa shape index (κ1) is 12.3. The summed E-state index contributed by atoms with van der Waals surface area (Å²) >= 11 is 1.83. The van der Waals surface area contributed by atoms with Crippen molar-refractivity contribution in [2.45, 2.75) is 25.8 Å². The molecule has 0 aliphatic carbocycles. The lowest BCUT2D eigenvalue weighted by Gasteiger charge is -2.15. The Morgan fingerprint density at radius 2 is 2.41 bits per heavy atom. The molecule has 0 fully saturated rings. The molecule has 0 aromatic carbocycles. The Labute approximate surface area is 106 Å². The average molecular weight is 249 g/mol. The second kappa shape index (κ2) is 5.98. The van der Waals surface area contributed by atoms with Crippen LogP contribution in [0.3, 0.4) is 0 Å². The summed E-state index contributed by atoms with van der Waals surface area (Å²) in [5.74, 6) is 0. The maximum absolute atomic E-state index is 4.24. The van der Waals surface area contributed by atoms with Crippen molar-refractivity contribution in [2.24, 2.45) is 7.05 Å². The summed E-state index contributed by atoms with van der Waals surface area (Å²) in [7, 11) is 1.96. The molecule has 17 heavy (non-hydrogen) atoms. The summed E-state index contributed by atoms with van der Waals surface area (Å²) in [6, 6.07) is 4.74. The molecule has 0 bridgehead atoms. The molecule has 0 amide bonds. The lowest BCUT2D eigenvalue weighted by molar-refractivity contribution is 0.516. The van der Waals surface area contributed by atoms with Crippen LogP contribution < -0.4 is 5.32 Å². The van der Waals surface area contributed by atoms with Crippen LogP contribution in [0.15, 0.2) is 29.9 Å². The van der Waals surface area contributed by atoms with E-state index in [2.05, 4.69) is 41.0 Å². The molecule has 0 saturated carbocycles. The van der Waals surface area contributed by atoms with Gasteiger partial charge in [-0.25, -0.2) is 0 Å². The van der Waals surface area contributed by atoms with Gasteiger partial charge in [-0.2, -0.15) is 5.10 Å². The van der Waals surface area contributed by atoms with Crippen molar-refractivity contribution in [3.63, 3.8) is 0 Å². The Balaban J connectivity index is 1.97. The van der Waals surface area contributed by atoms with Gasteiger partial charge in [0.25, 0.3) is 0 Å². The summed E-state index contributed by atoms with van der Waals surface area (Å²) < 4.78 is 1.87. The van der Waals surface area contributed by atoms with Gasteiger partial charge >= 0.3 is 0 Å². The lowest BCUT2D eigenvalue weighted by Crippen LogP contribution is -2.21. The molecule has 0 spiro atoms. The number of thiophene rings is 1. The Kier molecular flexibility index (Phi) is 4.34. The van der Waals surface area contributed by atoms with E-state index in [1.807, 2.05) is 29.3 Å². The van der Waals surface area contributed by atoms with E-state index in [9.17, 15) is 0 Å². The van der Waals surface area contributed by atoms with Gasteiger partial charge in [0.2, 0.25) is 0 Å². The third-order valence-electron chi connectivity index (χ3n) is 2.84. The fourth-order valence-corrected chi connectivity index (χ4v) is 2.72. The van der Waals surface area contributed by atoms with Gasteiger partial charge in [-0.1, -0.05) is 13.0 Å². The van der Waals surface area contributed by atoms with Gasteiger partial charge in [-0.15, -0.1) is 11.3 Å². The highest BCUT2D eigenvalue weighted by Gasteiger charge is 2.12. The zero-order chi connectivity index (χ0) is 12.1. The molecule has 0 aliphatic rings. The summed E-state index contributed by atoms with van der Waals surface area (Å²) in [5.41, 5.74) is 1.28. The Morgan fingerprint density at radius 3 is 3.00 bits per heavy atom. The number of hydrogen-bond donors (Lipinski definition) is 1. The number of aryl methyl sites for hydroxylation is 2. The predicted octanol–water partition coefficient (Wildman–Crippen LogP) is 2.77. The average Bonchev–Trinajstić information content (AvgIpc) is 2.95. The van der Waals surface area contributed by atoms with Crippen LogP contribution in [0, 0.1) is 0 Å². The summed E-state index contributed by atoms with van der Waals surface area (Å²) in [5, 5.41) is 9.91. The topological polar surface area (TPSA) is 29.9 Å². The van der Waals surface area contributed by atoms with Crippen LogP contribution in [0.4, 0.5) is 0 Å². The number of nitrogens with zero attached hydrogens (tertiary/aromatic N) is 2. The van der Waals surface area contributed by atoms with Crippen LogP contribution in [0.1, 0.15) is 29.8 Å². The molecule has 0 radical (unpaired) electrons. The number of hydrogen-bond acceptors (Lipinski definition) is 3. The number of nitrogens with one attached hydrogen (secondary N) is 1. The minimum Gasteiger partial charge on any atom is -0.310 e. The molecule has 2 rings (SSSR count).